The zero-order chi connectivity index (χ0) is 11.4. The van der Waals surface area contributed by atoms with Crippen molar-refractivity contribution in [3.05, 3.63) is 35.7 Å². The smallest absolute Gasteiger partial charge is 0.330 e. The molecule has 0 amide bonds. The molecule has 0 spiro atoms. The molecule has 1 aliphatic rings. The van der Waals surface area contributed by atoms with Gasteiger partial charge in [0, 0.05) is 18.5 Å². The lowest BCUT2D eigenvalue weighted by Gasteiger charge is -1.99. The highest BCUT2D eigenvalue weighted by atomic mass is 16.5. The van der Waals surface area contributed by atoms with Gasteiger partial charge in [0.2, 0.25) is 0 Å². The molecule has 0 unspecified atom stereocenters. The van der Waals surface area contributed by atoms with Crippen molar-refractivity contribution in [3.63, 3.8) is 0 Å². The number of ether oxygens (including phenoxy) is 1. The van der Waals surface area contributed by atoms with Crippen LogP contribution < -0.4 is 0 Å². The molecule has 0 atom stereocenters. The van der Waals surface area contributed by atoms with Crippen molar-refractivity contribution in [1.82, 2.24) is 4.98 Å². The van der Waals surface area contributed by atoms with Crippen molar-refractivity contribution in [2.24, 2.45) is 0 Å². The lowest BCUT2D eigenvalue weighted by molar-refractivity contribution is -0.137. The average molecular weight is 217 g/mol. The molecule has 0 saturated heterocycles. The second-order valence-corrected chi connectivity index (χ2v) is 3.91. The van der Waals surface area contributed by atoms with E-state index in [-0.39, 0.29) is 5.97 Å². The third-order valence-electron chi connectivity index (χ3n) is 2.53. The minimum atomic E-state index is -0.306. The zero-order valence-electron chi connectivity index (χ0n) is 9.35. The first-order valence-electron chi connectivity index (χ1n) is 5.59. The highest BCUT2D eigenvalue weighted by Gasteiger charge is 2.23. The molecule has 1 aromatic rings. The van der Waals surface area contributed by atoms with Crippen LogP contribution in [0.25, 0.3) is 6.08 Å². The molecule has 0 N–H and O–H groups in total. The summed E-state index contributed by atoms with van der Waals surface area (Å²) >= 11 is 0. The Morgan fingerprint density at radius 2 is 2.38 bits per heavy atom. The predicted molar refractivity (Wildman–Crippen MR) is 61.9 cm³/mol. The third kappa shape index (κ3) is 2.92. The number of carbonyl (C=O) groups excluding carboxylic acids is 1. The maximum absolute atomic E-state index is 11.1. The quantitative estimate of drug-likeness (QED) is 0.574. The minimum absolute atomic E-state index is 0.306. The number of hydrogen-bond donors (Lipinski definition) is 0. The van der Waals surface area contributed by atoms with Crippen molar-refractivity contribution in [2.45, 2.75) is 25.7 Å². The van der Waals surface area contributed by atoms with E-state index in [4.69, 9.17) is 4.74 Å². The van der Waals surface area contributed by atoms with E-state index in [1.807, 2.05) is 6.20 Å². The first-order valence-corrected chi connectivity index (χ1v) is 5.59. The van der Waals surface area contributed by atoms with Crippen LogP contribution in [-0.4, -0.2) is 17.6 Å². The number of nitrogens with zero attached hydrogens (tertiary/aromatic N) is 1. The molecule has 16 heavy (non-hydrogen) atoms. The van der Waals surface area contributed by atoms with E-state index in [2.05, 4.69) is 11.1 Å². The SMILES string of the molecule is CCOC(=O)/C=C/c1cncc(C2CC2)c1. The van der Waals surface area contributed by atoms with E-state index >= 15 is 0 Å². The summed E-state index contributed by atoms with van der Waals surface area (Å²) in [6.07, 6.45) is 9.36. The Bertz CT molecular complexity index is 408. The molecular formula is C13H15NO2. The van der Waals surface area contributed by atoms with Crippen LogP contribution in [0.5, 0.6) is 0 Å². The van der Waals surface area contributed by atoms with Gasteiger partial charge in [-0.1, -0.05) is 0 Å². The predicted octanol–water partition coefficient (Wildman–Crippen LogP) is 2.54. The summed E-state index contributed by atoms with van der Waals surface area (Å²) in [5, 5.41) is 0. The molecule has 1 fully saturated rings. The van der Waals surface area contributed by atoms with Gasteiger partial charge in [0.1, 0.15) is 0 Å². The van der Waals surface area contributed by atoms with Gasteiger partial charge in [-0.15, -0.1) is 0 Å². The summed E-state index contributed by atoms with van der Waals surface area (Å²) < 4.78 is 4.81. The second-order valence-electron chi connectivity index (χ2n) is 3.91. The number of esters is 1. The number of rotatable bonds is 4. The topological polar surface area (TPSA) is 39.2 Å². The molecule has 3 nitrogen and oxygen atoms in total. The van der Waals surface area contributed by atoms with Crippen molar-refractivity contribution in [2.75, 3.05) is 6.61 Å². The van der Waals surface area contributed by atoms with Crippen molar-refractivity contribution < 1.29 is 9.53 Å². The zero-order valence-corrected chi connectivity index (χ0v) is 9.35. The molecule has 3 heteroatoms. The maximum atomic E-state index is 11.1. The number of aromatic nitrogens is 1. The van der Waals surface area contributed by atoms with Gasteiger partial charge in [0.05, 0.1) is 6.61 Å². The molecule has 1 aliphatic carbocycles. The Balaban J connectivity index is 2.03. The average Bonchev–Trinajstić information content (AvgIpc) is 3.11. The molecule has 2 rings (SSSR count). The Morgan fingerprint density at radius 1 is 1.56 bits per heavy atom. The van der Waals surface area contributed by atoms with Gasteiger partial charge in [-0.3, -0.25) is 4.98 Å². The van der Waals surface area contributed by atoms with Gasteiger partial charge >= 0.3 is 5.97 Å². The molecule has 1 heterocycles. The van der Waals surface area contributed by atoms with E-state index in [0.717, 1.165) is 5.56 Å². The van der Waals surface area contributed by atoms with E-state index < -0.39 is 0 Å². The molecule has 0 aliphatic heterocycles. The summed E-state index contributed by atoms with van der Waals surface area (Å²) in [7, 11) is 0. The molecule has 0 bridgehead atoms. The monoisotopic (exact) mass is 217 g/mol. The Kier molecular flexibility index (Phi) is 3.34. The van der Waals surface area contributed by atoms with Gasteiger partial charge < -0.3 is 4.74 Å². The summed E-state index contributed by atoms with van der Waals surface area (Å²) in [6.45, 7) is 2.20. The van der Waals surface area contributed by atoms with Crippen LogP contribution in [0.15, 0.2) is 24.5 Å². The van der Waals surface area contributed by atoms with Crippen LogP contribution in [0, 0.1) is 0 Å². The lowest BCUT2D eigenvalue weighted by Crippen LogP contribution is -1.98. The van der Waals surface area contributed by atoms with Crippen LogP contribution in [0.1, 0.15) is 36.8 Å². The van der Waals surface area contributed by atoms with Gasteiger partial charge in [0.25, 0.3) is 0 Å². The summed E-state index contributed by atoms with van der Waals surface area (Å²) in [5.74, 6) is 0.378. The number of hydrogen-bond acceptors (Lipinski definition) is 3. The van der Waals surface area contributed by atoms with Crippen molar-refractivity contribution in [1.29, 1.82) is 0 Å². The van der Waals surface area contributed by atoms with E-state index in [1.165, 1.54) is 24.5 Å². The number of pyridine rings is 1. The summed E-state index contributed by atoms with van der Waals surface area (Å²) in [4.78, 5) is 15.3. The van der Waals surface area contributed by atoms with E-state index in [1.54, 1.807) is 19.2 Å². The molecule has 1 aromatic heterocycles. The molecule has 1 saturated carbocycles. The second kappa shape index (κ2) is 4.92. The van der Waals surface area contributed by atoms with Gasteiger partial charge in [-0.2, -0.15) is 0 Å². The summed E-state index contributed by atoms with van der Waals surface area (Å²) in [6, 6.07) is 2.08. The van der Waals surface area contributed by atoms with Crippen LogP contribution in [0.3, 0.4) is 0 Å². The Morgan fingerprint density at radius 3 is 3.06 bits per heavy atom. The Hall–Kier alpha value is -1.64. The van der Waals surface area contributed by atoms with Crippen molar-refractivity contribution >= 4 is 12.0 Å². The number of carbonyl (C=O) groups is 1. The van der Waals surface area contributed by atoms with E-state index in [9.17, 15) is 4.79 Å². The summed E-state index contributed by atoms with van der Waals surface area (Å²) in [5.41, 5.74) is 2.23. The first-order chi connectivity index (χ1) is 7.79. The van der Waals surface area contributed by atoms with E-state index in [0.29, 0.717) is 12.5 Å². The Labute approximate surface area is 95.2 Å². The van der Waals surface area contributed by atoms with Gasteiger partial charge in [0.15, 0.2) is 0 Å². The first kappa shape index (κ1) is 10.9. The van der Waals surface area contributed by atoms with Crippen LogP contribution in [-0.2, 0) is 9.53 Å². The largest absolute Gasteiger partial charge is 0.463 e. The molecule has 0 aromatic carbocycles. The van der Waals surface area contributed by atoms with Crippen LogP contribution >= 0.6 is 0 Å². The van der Waals surface area contributed by atoms with Gasteiger partial charge in [-0.25, -0.2) is 4.79 Å². The normalized spacial score (nSPS) is 15.3. The maximum Gasteiger partial charge on any atom is 0.330 e. The molecular weight excluding hydrogens is 202 g/mol. The van der Waals surface area contributed by atoms with Gasteiger partial charge in [-0.05, 0) is 49.0 Å². The van der Waals surface area contributed by atoms with Crippen LogP contribution in [0.4, 0.5) is 0 Å². The fraction of sp³-hybridized carbons (Fsp3) is 0.385. The van der Waals surface area contributed by atoms with Crippen LogP contribution in [0.2, 0.25) is 0 Å². The molecule has 84 valence electrons. The highest BCUT2D eigenvalue weighted by molar-refractivity contribution is 5.86. The fourth-order valence-corrected chi connectivity index (χ4v) is 1.56. The van der Waals surface area contributed by atoms with Crippen molar-refractivity contribution in [3.8, 4) is 0 Å². The molecule has 0 radical (unpaired) electrons. The fourth-order valence-electron chi connectivity index (χ4n) is 1.56. The standard InChI is InChI=1S/C13H15NO2/c1-2-16-13(15)6-3-10-7-12(9-14-8-10)11-4-5-11/h3,6-9,11H,2,4-5H2,1H3/b6-3+. The highest BCUT2D eigenvalue weighted by Crippen LogP contribution is 2.39. The lowest BCUT2D eigenvalue weighted by atomic mass is 10.1. The third-order valence-corrected chi connectivity index (χ3v) is 2.53. The minimum Gasteiger partial charge on any atom is -0.463 e.